The van der Waals surface area contributed by atoms with Crippen LogP contribution in [0.2, 0.25) is 0 Å². The van der Waals surface area contributed by atoms with E-state index in [0.717, 1.165) is 42.5 Å². The second-order valence-electron chi connectivity index (χ2n) is 5.46. The molecule has 0 aromatic heterocycles. The molecule has 0 unspecified atom stereocenters. The molecule has 21 heavy (non-hydrogen) atoms. The highest BCUT2D eigenvalue weighted by Crippen LogP contribution is 2.23. The Morgan fingerprint density at radius 2 is 2.00 bits per heavy atom. The minimum Gasteiger partial charge on any atom is -0.319 e. The first-order valence-electron chi connectivity index (χ1n) is 7.55. The number of anilines is 1. The van der Waals surface area contributed by atoms with Crippen molar-refractivity contribution in [1.29, 1.82) is 0 Å². The van der Waals surface area contributed by atoms with Crippen LogP contribution in [0.25, 0.3) is 10.8 Å². The highest BCUT2D eigenvalue weighted by Gasteiger charge is 2.27. The second-order valence-corrected chi connectivity index (χ2v) is 5.46. The molecule has 3 rings (SSSR count). The smallest absolute Gasteiger partial charge is 0.319 e. The molecule has 2 amide bonds. The number of rotatable bonds is 4. The van der Waals surface area contributed by atoms with E-state index in [1.54, 1.807) is 0 Å². The second kappa shape index (κ2) is 6.14. The molecule has 1 fully saturated rings. The van der Waals surface area contributed by atoms with Crippen LogP contribution < -0.4 is 10.6 Å². The van der Waals surface area contributed by atoms with E-state index in [-0.39, 0.29) is 6.03 Å². The summed E-state index contributed by atoms with van der Waals surface area (Å²) in [5.74, 6) is 0. The minimum absolute atomic E-state index is 0.000275. The molecule has 0 spiro atoms. The Morgan fingerprint density at radius 1 is 1.24 bits per heavy atom. The van der Waals surface area contributed by atoms with Crippen LogP contribution in [0, 0.1) is 0 Å². The molecule has 1 aliphatic rings. The molecule has 4 heteroatoms. The molecule has 2 aromatic rings. The molecule has 2 N–H and O–H groups in total. The molecular weight excluding hydrogens is 262 g/mol. The number of nitrogens with zero attached hydrogens (tertiary/aromatic N) is 1. The Kier molecular flexibility index (Phi) is 4.06. The van der Waals surface area contributed by atoms with Crippen LogP contribution in [0.1, 0.15) is 13.3 Å². The maximum Gasteiger partial charge on any atom is 0.322 e. The van der Waals surface area contributed by atoms with E-state index in [4.69, 9.17) is 0 Å². The van der Waals surface area contributed by atoms with Crippen molar-refractivity contribution in [2.75, 3.05) is 25.0 Å². The average Bonchev–Trinajstić information content (AvgIpc) is 2.45. The van der Waals surface area contributed by atoms with Gasteiger partial charge < -0.3 is 15.5 Å². The molecule has 0 bridgehead atoms. The molecular formula is C17H21N3O. The molecule has 1 saturated heterocycles. The van der Waals surface area contributed by atoms with Gasteiger partial charge in [-0.15, -0.1) is 0 Å². The van der Waals surface area contributed by atoms with Crippen molar-refractivity contribution in [1.82, 2.24) is 10.2 Å². The highest BCUT2D eigenvalue weighted by atomic mass is 16.2. The summed E-state index contributed by atoms with van der Waals surface area (Å²) < 4.78 is 0. The van der Waals surface area contributed by atoms with E-state index in [9.17, 15) is 4.79 Å². The number of hydrogen-bond acceptors (Lipinski definition) is 2. The molecule has 0 atom stereocenters. The summed E-state index contributed by atoms with van der Waals surface area (Å²) in [5, 5.41) is 8.53. The van der Waals surface area contributed by atoms with Crippen LogP contribution in [-0.2, 0) is 0 Å². The molecule has 1 heterocycles. The number of hydrogen-bond donors (Lipinski definition) is 2. The summed E-state index contributed by atoms with van der Waals surface area (Å²) in [7, 11) is 0. The summed E-state index contributed by atoms with van der Waals surface area (Å²) in [6, 6.07) is 14.4. The van der Waals surface area contributed by atoms with Crippen LogP contribution in [0.3, 0.4) is 0 Å². The van der Waals surface area contributed by atoms with Crippen molar-refractivity contribution in [3.63, 3.8) is 0 Å². The average molecular weight is 283 g/mol. The Balaban J connectivity index is 1.81. The van der Waals surface area contributed by atoms with E-state index in [0.29, 0.717) is 6.04 Å². The molecule has 0 saturated carbocycles. The Labute approximate surface area is 125 Å². The van der Waals surface area contributed by atoms with Crippen molar-refractivity contribution >= 4 is 22.5 Å². The summed E-state index contributed by atoms with van der Waals surface area (Å²) >= 11 is 0. The van der Waals surface area contributed by atoms with Gasteiger partial charge in [0, 0.05) is 25.0 Å². The molecule has 0 radical (unpaired) electrons. The molecule has 0 aliphatic carbocycles. The quantitative estimate of drug-likeness (QED) is 0.905. The van der Waals surface area contributed by atoms with E-state index >= 15 is 0 Å². The number of carbonyl (C=O) groups is 1. The van der Waals surface area contributed by atoms with Gasteiger partial charge >= 0.3 is 6.03 Å². The third-order valence-corrected chi connectivity index (χ3v) is 3.96. The van der Waals surface area contributed by atoms with Gasteiger partial charge in [-0.2, -0.15) is 0 Å². The lowest BCUT2D eigenvalue weighted by atomic mass is 10.1. The summed E-state index contributed by atoms with van der Waals surface area (Å²) in [5.41, 5.74) is 0.881. The summed E-state index contributed by atoms with van der Waals surface area (Å²) in [4.78, 5) is 14.5. The van der Waals surface area contributed by atoms with Crippen LogP contribution in [0.4, 0.5) is 10.5 Å². The van der Waals surface area contributed by atoms with Gasteiger partial charge in [0.1, 0.15) is 0 Å². The maximum absolute atomic E-state index is 12.6. The SMILES string of the molecule is CCCN(C(=O)Nc1cccc2ccccc12)C1CNC1. The molecule has 1 aliphatic heterocycles. The number of urea groups is 1. The van der Waals surface area contributed by atoms with Gasteiger partial charge in [0.15, 0.2) is 0 Å². The zero-order valence-electron chi connectivity index (χ0n) is 12.3. The zero-order chi connectivity index (χ0) is 14.7. The van der Waals surface area contributed by atoms with Crippen molar-refractivity contribution in [2.45, 2.75) is 19.4 Å². The van der Waals surface area contributed by atoms with Gasteiger partial charge in [0.05, 0.1) is 11.7 Å². The van der Waals surface area contributed by atoms with Gasteiger partial charge in [-0.25, -0.2) is 4.79 Å². The van der Waals surface area contributed by atoms with Crippen LogP contribution >= 0.6 is 0 Å². The fourth-order valence-corrected chi connectivity index (χ4v) is 2.71. The predicted molar refractivity (Wildman–Crippen MR) is 86.6 cm³/mol. The number of carbonyl (C=O) groups excluding carboxylic acids is 1. The van der Waals surface area contributed by atoms with Crippen molar-refractivity contribution in [2.24, 2.45) is 0 Å². The van der Waals surface area contributed by atoms with E-state index in [1.807, 2.05) is 35.2 Å². The van der Waals surface area contributed by atoms with E-state index in [1.165, 1.54) is 0 Å². The standard InChI is InChI=1S/C17H21N3O/c1-2-10-20(14-11-18-12-14)17(21)19-16-9-5-7-13-6-3-4-8-15(13)16/h3-9,14,18H,2,10-12H2,1H3,(H,19,21). The fourth-order valence-electron chi connectivity index (χ4n) is 2.71. The van der Waals surface area contributed by atoms with E-state index in [2.05, 4.69) is 29.7 Å². The van der Waals surface area contributed by atoms with Crippen molar-refractivity contribution < 1.29 is 4.79 Å². The fraction of sp³-hybridized carbons (Fsp3) is 0.353. The third kappa shape index (κ3) is 2.85. The van der Waals surface area contributed by atoms with Crippen molar-refractivity contribution in [3.8, 4) is 0 Å². The van der Waals surface area contributed by atoms with Crippen LogP contribution in [0.15, 0.2) is 42.5 Å². The Hall–Kier alpha value is -2.07. The zero-order valence-corrected chi connectivity index (χ0v) is 12.3. The summed E-state index contributed by atoms with van der Waals surface area (Å²) in [6.45, 7) is 4.68. The topological polar surface area (TPSA) is 44.4 Å². The number of benzene rings is 2. The molecule has 110 valence electrons. The molecule has 4 nitrogen and oxygen atoms in total. The van der Waals surface area contributed by atoms with Gasteiger partial charge in [0.2, 0.25) is 0 Å². The van der Waals surface area contributed by atoms with Gasteiger partial charge in [0.25, 0.3) is 0 Å². The first-order valence-corrected chi connectivity index (χ1v) is 7.55. The van der Waals surface area contributed by atoms with Crippen LogP contribution in [-0.4, -0.2) is 36.6 Å². The van der Waals surface area contributed by atoms with Gasteiger partial charge in [-0.05, 0) is 17.9 Å². The molecule has 2 aromatic carbocycles. The lowest BCUT2D eigenvalue weighted by molar-refractivity contribution is 0.161. The first-order chi connectivity index (χ1) is 10.3. The first kappa shape index (κ1) is 13.9. The normalized spacial score (nSPS) is 14.7. The van der Waals surface area contributed by atoms with Gasteiger partial charge in [-0.1, -0.05) is 43.3 Å². The van der Waals surface area contributed by atoms with E-state index < -0.39 is 0 Å². The lowest BCUT2D eigenvalue weighted by Gasteiger charge is -2.38. The number of nitrogens with one attached hydrogen (secondary N) is 2. The Morgan fingerprint density at radius 3 is 2.71 bits per heavy atom. The largest absolute Gasteiger partial charge is 0.322 e. The maximum atomic E-state index is 12.6. The highest BCUT2D eigenvalue weighted by molar-refractivity contribution is 6.01. The van der Waals surface area contributed by atoms with Crippen molar-refractivity contribution in [3.05, 3.63) is 42.5 Å². The minimum atomic E-state index is -0.000275. The number of fused-ring (bicyclic) bond motifs is 1. The Bertz CT molecular complexity index is 631. The monoisotopic (exact) mass is 283 g/mol. The van der Waals surface area contributed by atoms with Gasteiger partial charge in [-0.3, -0.25) is 0 Å². The summed E-state index contributed by atoms with van der Waals surface area (Å²) in [6.07, 6.45) is 0.972. The van der Waals surface area contributed by atoms with Crippen LogP contribution in [0.5, 0.6) is 0 Å². The number of amides is 2. The third-order valence-electron chi connectivity index (χ3n) is 3.96. The predicted octanol–water partition coefficient (Wildman–Crippen LogP) is 3.06. The lowest BCUT2D eigenvalue weighted by Crippen LogP contribution is -2.59.